The van der Waals surface area contributed by atoms with Crippen LogP contribution in [0.2, 0.25) is 5.02 Å². The minimum Gasteiger partial charge on any atom is -0.298 e. The zero-order valence-electron chi connectivity index (χ0n) is 10.4. The minimum atomic E-state index is 0.175. The number of carbonyl (C=O) groups excluding carboxylic acids is 1. The Bertz CT molecular complexity index is 496. The summed E-state index contributed by atoms with van der Waals surface area (Å²) in [4.78, 5) is 19.3. The predicted octanol–water partition coefficient (Wildman–Crippen LogP) is 3.08. The maximum Gasteiger partial charge on any atom is 0.240 e. The normalized spacial score (nSPS) is 18.6. The third-order valence-electron chi connectivity index (χ3n) is 2.80. The lowest BCUT2D eigenvalue weighted by atomic mass is 9.96. The Kier molecular flexibility index (Phi) is 3.83. The van der Waals surface area contributed by atoms with Crippen molar-refractivity contribution in [1.29, 1.82) is 0 Å². The predicted molar refractivity (Wildman–Crippen MR) is 69.4 cm³/mol. The van der Waals surface area contributed by atoms with Gasteiger partial charge in [-0.3, -0.25) is 4.84 Å². The van der Waals surface area contributed by atoms with E-state index in [1.165, 1.54) is 6.08 Å². The molecule has 96 valence electrons. The minimum absolute atomic E-state index is 0.175. The summed E-state index contributed by atoms with van der Waals surface area (Å²) in [5, 5.41) is 2.49. The van der Waals surface area contributed by atoms with Crippen LogP contribution in [0.1, 0.15) is 19.4 Å². The summed E-state index contributed by atoms with van der Waals surface area (Å²) in [6.45, 7) is 6.55. The molecule has 1 aromatic rings. The van der Waals surface area contributed by atoms with Crippen LogP contribution < -0.4 is 0 Å². The molecule has 18 heavy (non-hydrogen) atoms. The molecular formula is C13H15ClN2O2. The molecule has 0 bridgehead atoms. The van der Waals surface area contributed by atoms with E-state index >= 15 is 0 Å². The van der Waals surface area contributed by atoms with Crippen molar-refractivity contribution in [1.82, 2.24) is 5.06 Å². The summed E-state index contributed by atoms with van der Waals surface area (Å²) < 4.78 is 0. The van der Waals surface area contributed by atoms with E-state index in [-0.39, 0.29) is 5.41 Å². The Morgan fingerprint density at radius 3 is 2.89 bits per heavy atom. The Balaban J connectivity index is 2.08. The lowest BCUT2D eigenvalue weighted by Gasteiger charge is -2.17. The molecule has 1 aromatic carbocycles. The van der Waals surface area contributed by atoms with Crippen molar-refractivity contribution in [2.24, 2.45) is 10.4 Å². The van der Waals surface area contributed by atoms with Crippen LogP contribution in [0, 0.1) is 5.41 Å². The Hall–Kier alpha value is -1.19. The molecule has 0 unspecified atom stereocenters. The van der Waals surface area contributed by atoms with Crippen LogP contribution >= 0.6 is 11.6 Å². The van der Waals surface area contributed by atoms with Gasteiger partial charge >= 0.3 is 0 Å². The third kappa shape index (κ3) is 3.18. The van der Waals surface area contributed by atoms with Gasteiger partial charge in [0.1, 0.15) is 0 Å². The SMILES string of the molecule is CC1(C)CON(Cc2ccc(N=C=O)cc2Cl)C1. The Morgan fingerprint density at radius 2 is 2.33 bits per heavy atom. The zero-order valence-corrected chi connectivity index (χ0v) is 11.2. The molecule has 0 aliphatic carbocycles. The first kappa shape index (κ1) is 13.2. The van der Waals surface area contributed by atoms with Crippen LogP contribution in [0.3, 0.4) is 0 Å². The van der Waals surface area contributed by atoms with E-state index in [1.54, 1.807) is 12.1 Å². The van der Waals surface area contributed by atoms with Crippen LogP contribution in [0.25, 0.3) is 0 Å². The number of rotatable bonds is 3. The molecule has 0 spiro atoms. The monoisotopic (exact) mass is 266 g/mol. The van der Waals surface area contributed by atoms with Crippen LogP contribution in [-0.2, 0) is 16.2 Å². The summed E-state index contributed by atoms with van der Waals surface area (Å²) in [5.41, 5.74) is 1.65. The van der Waals surface area contributed by atoms with Crippen LogP contribution in [0.5, 0.6) is 0 Å². The molecule has 0 atom stereocenters. The van der Waals surface area contributed by atoms with E-state index in [0.717, 1.165) is 18.7 Å². The topological polar surface area (TPSA) is 41.9 Å². The van der Waals surface area contributed by atoms with E-state index in [2.05, 4.69) is 18.8 Å². The van der Waals surface area contributed by atoms with E-state index in [0.29, 0.717) is 17.3 Å². The number of isocyanates is 1. The highest BCUT2D eigenvalue weighted by Gasteiger charge is 2.30. The molecule has 2 rings (SSSR count). The number of hydroxylamine groups is 2. The summed E-state index contributed by atoms with van der Waals surface area (Å²) in [6, 6.07) is 5.25. The number of nitrogens with zero attached hydrogens (tertiary/aromatic N) is 2. The van der Waals surface area contributed by atoms with Gasteiger partial charge in [-0.1, -0.05) is 31.5 Å². The highest BCUT2D eigenvalue weighted by Crippen LogP contribution is 2.29. The van der Waals surface area contributed by atoms with Gasteiger partial charge in [0, 0.05) is 17.0 Å². The van der Waals surface area contributed by atoms with E-state index < -0.39 is 0 Å². The van der Waals surface area contributed by atoms with E-state index in [9.17, 15) is 4.79 Å². The molecule has 0 aromatic heterocycles. The van der Waals surface area contributed by atoms with Crippen molar-refractivity contribution in [3.63, 3.8) is 0 Å². The average Bonchev–Trinajstić information content (AvgIpc) is 2.63. The molecule has 0 radical (unpaired) electrons. The van der Waals surface area contributed by atoms with Gasteiger partial charge < -0.3 is 0 Å². The first-order valence-corrected chi connectivity index (χ1v) is 6.12. The Morgan fingerprint density at radius 1 is 1.56 bits per heavy atom. The van der Waals surface area contributed by atoms with Gasteiger partial charge in [-0.2, -0.15) is 10.1 Å². The van der Waals surface area contributed by atoms with Gasteiger partial charge in [0.2, 0.25) is 6.08 Å². The lowest BCUT2D eigenvalue weighted by molar-refractivity contribution is -0.117. The molecular weight excluding hydrogens is 252 g/mol. The quantitative estimate of drug-likeness (QED) is 0.624. The first-order chi connectivity index (χ1) is 8.50. The van der Waals surface area contributed by atoms with Crippen LogP contribution in [0.4, 0.5) is 5.69 Å². The van der Waals surface area contributed by atoms with Gasteiger partial charge in [-0.25, -0.2) is 4.79 Å². The average molecular weight is 267 g/mol. The molecule has 1 fully saturated rings. The number of hydrogen-bond acceptors (Lipinski definition) is 4. The maximum atomic E-state index is 10.2. The summed E-state index contributed by atoms with van der Waals surface area (Å²) in [6.07, 6.45) is 1.50. The summed E-state index contributed by atoms with van der Waals surface area (Å²) in [7, 11) is 0. The van der Waals surface area contributed by atoms with Crippen molar-refractivity contribution in [2.45, 2.75) is 20.4 Å². The lowest BCUT2D eigenvalue weighted by Crippen LogP contribution is -2.22. The van der Waals surface area contributed by atoms with Crippen LogP contribution in [-0.4, -0.2) is 24.3 Å². The Labute approximate surface area is 111 Å². The van der Waals surface area contributed by atoms with Crippen molar-refractivity contribution in [2.75, 3.05) is 13.2 Å². The van der Waals surface area contributed by atoms with Gasteiger partial charge in [0.05, 0.1) is 18.8 Å². The van der Waals surface area contributed by atoms with Gasteiger partial charge in [0.25, 0.3) is 0 Å². The molecule has 1 saturated heterocycles. The second kappa shape index (κ2) is 5.21. The number of aliphatic imine (C=N–C) groups is 1. The van der Waals surface area contributed by atoms with Crippen molar-refractivity contribution >= 4 is 23.4 Å². The van der Waals surface area contributed by atoms with Crippen molar-refractivity contribution in [3.8, 4) is 0 Å². The molecule has 0 saturated carbocycles. The fraction of sp³-hybridized carbons (Fsp3) is 0.462. The molecule has 1 aliphatic rings. The summed E-state index contributed by atoms with van der Waals surface area (Å²) in [5.74, 6) is 0. The molecule has 0 amide bonds. The van der Waals surface area contributed by atoms with Crippen molar-refractivity contribution in [3.05, 3.63) is 28.8 Å². The van der Waals surface area contributed by atoms with Gasteiger partial charge in [-0.05, 0) is 17.7 Å². The molecule has 1 aliphatic heterocycles. The smallest absolute Gasteiger partial charge is 0.240 e. The number of halogens is 1. The largest absolute Gasteiger partial charge is 0.298 e. The third-order valence-corrected chi connectivity index (χ3v) is 3.15. The fourth-order valence-corrected chi connectivity index (χ4v) is 2.15. The molecule has 5 heteroatoms. The molecule has 1 heterocycles. The molecule has 0 N–H and O–H groups in total. The molecule has 4 nitrogen and oxygen atoms in total. The fourth-order valence-electron chi connectivity index (χ4n) is 1.91. The first-order valence-electron chi connectivity index (χ1n) is 5.74. The second-order valence-electron chi connectivity index (χ2n) is 5.21. The van der Waals surface area contributed by atoms with E-state index in [1.807, 2.05) is 11.1 Å². The standard InChI is InChI=1S/C13H15ClN2O2/c1-13(2)7-16(18-8-13)6-10-3-4-11(15-9-17)5-12(10)14/h3-5H,6-8H2,1-2H3. The summed E-state index contributed by atoms with van der Waals surface area (Å²) >= 11 is 6.14. The zero-order chi connectivity index (χ0) is 13.2. The highest BCUT2D eigenvalue weighted by molar-refractivity contribution is 6.31. The van der Waals surface area contributed by atoms with Gasteiger partial charge in [0.15, 0.2) is 0 Å². The van der Waals surface area contributed by atoms with Gasteiger partial charge in [-0.15, -0.1) is 0 Å². The second-order valence-corrected chi connectivity index (χ2v) is 5.62. The number of hydrogen-bond donors (Lipinski definition) is 0. The number of benzene rings is 1. The van der Waals surface area contributed by atoms with Crippen molar-refractivity contribution < 1.29 is 9.63 Å². The van der Waals surface area contributed by atoms with Crippen LogP contribution in [0.15, 0.2) is 23.2 Å². The van der Waals surface area contributed by atoms with E-state index in [4.69, 9.17) is 16.4 Å². The highest BCUT2D eigenvalue weighted by atomic mass is 35.5. The maximum absolute atomic E-state index is 10.2.